The molecule has 0 saturated carbocycles. The van der Waals surface area contributed by atoms with Crippen LogP contribution in [0.2, 0.25) is 5.02 Å². The zero-order chi connectivity index (χ0) is 19.3. The van der Waals surface area contributed by atoms with E-state index in [1.54, 1.807) is 18.2 Å². The smallest absolute Gasteiger partial charge is 0.399 e. The predicted octanol–water partition coefficient (Wildman–Crippen LogP) is 3.74. The minimum absolute atomic E-state index is 0.392. The van der Waals surface area contributed by atoms with Gasteiger partial charge in [-0.15, -0.1) is 11.3 Å². The topological polar surface area (TPSA) is 64.6 Å². The summed E-state index contributed by atoms with van der Waals surface area (Å²) in [4.78, 5) is 0.964. The Labute approximate surface area is 163 Å². The van der Waals surface area contributed by atoms with Crippen LogP contribution in [0.1, 0.15) is 27.7 Å². The third kappa shape index (κ3) is 3.94. The van der Waals surface area contributed by atoms with Crippen LogP contribution < -0.4 is 10.2 Å². The fourth-order valence-electron chi connectivity index (χ4n) is 2.59. The monoisotopic (exact) mass is 413 g/mol. The molecule has 0 amide bonds. The lowest BCUT2D eigenvalue weighted by atomic mass is 9.81. The number of rotatable bonds is 4. The first-order valence-electron chi connectivity index (χ1n) is 8.10. The van der Waals surface area contributed by atoms with Crippen molar-refractivity contribution in [2.24, 2.45) is 0 Å². The molecule has 9 heteroatoms. The molecule has 1 aliphatic heterocycles. The van der Waals surface area contributed by atoms with Crippen LogP contribution in [0.15, 0.2) is 29.6 Å². The Balaban J connectivity index is 1.85. The lowest BCUT2D eigenvalue weighted by molar-refractivity contribution is 0.00578. The largest absolute Gasteiger partial charge is 0.495 e. The van der Waals surface area contributed by atoms with Gasteiger partial charge in [-0.25, -0.2) is 8.42 Å². The van der Waals surface area contributed by atoms with Crippen LogP contribution in [-0.4, -0.2) is 33.0 Å². The molecule has 3 rings (SSSR count). The van der Waals surface area contributed by atoms with Crippen molar-refractivity contribution in [3.63, 3.8) is 0 Å². The fourth-order valence-corrected chi connectivity index (χ4v) is 4.43. The molecule has 2 aromatic rings. The molecule has 0 spiro atoms. The highest BCUT2D eigenvalue weighted by atomic mass is 35.5. The number of nitrogens with one attached hydrogen (secondary N) is 1. The van der Waals surface area contributed by atoms with Crippen molar-refractivity contribution in [3.8, 4) is 10.4 Å². The Morgan fingerprint density at radius 3 is 2.27 bits per heavy atom. The maximum absolute atomic E-state index is 11.3. The molecule has 2 heterocycles. The van der Waals surface area contributed by atoms with E-state index >= 15 is 0 Å². The van der Waals surface area contributed by atoms with E-state index in [2.05, 4.69) is 4.72 Å². The van der Waals surface area contributed by atoms with Crippen molar-refractivity contribution in [2.75, 3.05) is 11.0 Å². The quantitative estimate of drug-likeness (QED) is 0.776. The van der Waals surface area contributed by atoms with Crippen LogP contribution in [0.25, 0.3) is 10.4 Å². The van der Waals surface area contributed by atoms with E-state index in [1.165, 1.54) is 11.3 Å². The third-order valence-electron chi connectivity index (χ3n) is 4.68. The Bertz CT molecular complexity index is 924. The van der Waals surface area contributed by atoms with Gasteiger partial charge in [-0.2, -0.15) is 0 Å². The highest BCUT2D eigenvalue weighted by Gasteiger charge is 2.51. The number of hydrogen-bond acceptors (Lipinski definition) is 5. The number of halogens is 1. The normalized spacial score (nSPS) is 18.9. The molecule has 0 radical (unpaired) electrons. The molecule has 0 aliphatic carbocycles. The van der Waals surface area contributed by atoms with Gasteiger partial charge in [0.05, 0.1) is 22.5 Å². The SMILES string of the molecule is CC1(C)OB(c2csc(-c3ccc(NS(C)(=O)=O)cc3Cl)c2)OC1(C)C. The van der Waals surface area contributed by atoms with Crippen LogP contribution >= 0.6 is 22.9 Å². The highest BCUT2D eigenvalue weighted by molar-refractivity contribution is 7.92. The van der Waals surface area contributed by atoms with Gasteiger partial charge >= 0.3 is 7.12 Å². The molecule has 0 bridgehead atoms. The summed E-state index contributed by atoms with van der Waals surface area (Å²) in [5.74, 6) is 0. The average molecular weight is 414 g/mol. The maximum atomic E-state index is 11.3. The van der Waals surface area contributed by atoms with Gasteiger partial charge in [-0.3, -0.25) is 4.72 Å². The van der Waals surface area contributed by atoms with Gasteiger partial charge in [-0.05, 0) is 62.8 Å². The van der Waals surface area contributed by atoms with Gasteiger partial charge in [0.2, 0.25) is 10.0 Å². The fraction of sp³-hybridized carbons (Fsp3) is 0.412. The van der Waals surface area contributed by atoms with Gasteiger partial charge in [0.25, 0.3) is 0 Å². The summed E-state index contributed by atoms with van der Waals surface area (Å²) in [6, 6.07) is 7.09. The van der Waals surface area contributed by atoms with E-state index in [0.29, 0.717) is 10.7 Å². The van der Waals surface area contributed by atoms with E-state index in [9.17, 15) is 8.42 Å². The summed E-state index contributed by atoms with van der Waals surface area (Å²) in [6.45, 7) is 8.07. The molecule has 1 aliphatic rings. The molecular formula is C17H21BClNO4S2. The van der Waals surface area contributed by atoms with E-state index in [1.807, 2.05) is 39.1 Å². The lowest BCUT2D eigenvalue weighted by Crippen LogP contribution is -2.41. The summed E-state index contributed by atoms with van der Waals surface area (Å²) in [5.41, 5.74) is 1.42. The molecule has 1 aromatic heterocycles. The second-order valence-corrected chi connectivity index (χ2v) is 10.5. The second-order valence-electron chi connectivity index (χ2n) is 7.40. The first kappa shape index (κ1) is 19.7. The number of hydrogen-bond donors (Lipinski definition) is 1. The van der Waals surface area contributed by atoms with E-state index in [4.69, 9.17) is 20.9 Å². The lowest BCUT2D eigenvalue weighted by Gasteiger charge is -2.32. The summed E-state index contributed by atoms with van der Waals surface area (Å²) in [6.07, 6.45) is 1.10. The molecule has 1 fully saturated rings. The third-order valence-corrected chi connectivity index (χ3v) is 6.58. The number of anilines is 1. The minimum Gasteiger partial charge on any atom is -0.399 e. The number of thiophene rings is 1. The molecule has 0 atom stereocenters. The maximum Gasteiger partial charge on any atom is 0.495 e. The van der Waals surface area contributed by atoms with Crippen molar-refractivity contribution in [1.29, 1.82) is 0 Å². The number of benzene rings is 1. The van der Waals surface area contributed by atoms with Gasteiger partial charge in [0.15, 0.2) is 0 Å². The van der Waals surface area contributed by atoms with E-state index in [-0.39, 0.29) is 0 Å². The Morgan fingerprint density at radius 1 is 1.12 bits per heavy atom. The summed E-state index contributed by atoms with van der Waals surface area (Å²) in [5, 5.41) is 2.47. The molecule has 1 aromatic carbocycles. The van der Waals surface area contributed by atoms with Crippen molar-refractivity contribution >= 4 is 51.2 Å². The molecule has 26 heavy (non-hydrogen) atoms. The van der Waals surface area contributed by atoms with Crippen molar-refractivity contribution in [2.45, 2.75) is 38.9 Å². The molecule has 140 valence electrons. The predicted molar refractivity (Wildman–Crippen MR) is 109 cm³/mol. The van der Waals surface area contributed by atoms with Gasteiger partial charge in [-0.1, -0.05) is 11.6 Å². The van der Waals surface area contributed by atoms with Crippen LogP contribution in [-0.2, 0) is 19.3 Å². The summed E-state index contributed by atoms with van der Waals surface area (Å²) >= 11 is 7.90. The van der Waals surface area contributed by atoms with Crippen LogP contribution in [0, 0.1) is 0 Å². The second kappa shape index (κ2) is 6.53. The minimum atomic E-state index is -3.34. The molecule has 5 nitrogen and oxygen atoms in total. The zero-order valence-electron chi connectivity index (χ0n) is 15.3. The number of sulfonamides is 1. The first-order valence-corrected chi connectivity index (χ1v) is 11.2. The van der Waals surface area contributed by atoms with Gasteiger partial charge in [0, 0.05) is 16.1 Å². The Kier molecular flexibility index (Phi) is 4.95. The van der Waals surface area contributed by atoms with Crippen LogP contribution in [0.3, 0.4) is 0 Å². The van der Waals surface area contributed by atoms with Crippen LogP contribution in [0.5, 0.6) is 0 Å². The molecular weight excluding hydrogens is 393 g/mol. The Morgan fingerprint density at radius 2 is 1.73 bits per heavy atom. The highest BCUT2D eigenvalue weighted by Crippen LogP contribution is 2.38. The molecule has 0 unspecified atom stereocenters. The van der Waals surface area contributed by atoms with E-state index in [0.717, 1.165) is 22.2 Å². The summed E-state index contributed by atoms with van der Waals surface area (Å²) in [7, 11) is -3.76. The summed E-state index contributed by atoms with van der Waals surface area (Å²) < 4.78 is 37.3. The van der Waals surface area contributed by atoms with Crippen LogP contribution in [0.4, 0.5) is 5.69 Å². The van der Waals surface area contributed by atoms with Gasteiger partial charge in [0.1, 0.15) is 0 Å². The van der Waals surface area contributed by atoms with Crippen molar-refractivity contribution in [1.82, 2.24) is 0 Å². The molecule has 1 N–H and O–H groups in total. The van der Waals surface area contributed by atoms with Crippen molar-refractivity contribution < 1.29 is 17.7 Å². The average Bonchev–Trinajstić information content (AvgIpc) is 3.00. The zero-order valence-corrected chi connectivity index (χ0v) is 17.7. The molecule has 1 saturated heterocycles. The van der Waals surface area contributed by atoms with Gasteiger partial charge < -0.3 is 9.31 Å². The Hall–Kier alpha value is -1.06. The first-order chi connectivity index (χ1) is 11.9. The van der Waals surface area contributed by atoms with E-state index < -0.39 is 28.3 Å². The standard InChI is InChI=1S/C17H21BClNO4S2/c1-16(2)17(3,4)24-18(23-16)11-8-15(25-10-11)13-7-6-12(9-14(13)19)20-26(5,21)22/h6-10,20H,1-5H3. The van der Waals surface area contributed by atoms with Crippen molar-refractivity contribution in [3.05, 3.63) is 34.7 Å².